The van der Waals surface area contributed by atoms with Crippen molar-refractivity contribution in [3.63, 3.8) is 0 Å². The normalized spacial score (nSPS) is 17.1. The lowest BCUT2D eigenvalue weighted by Gasteiger charge is -2.40. The minimum atomic E-state index is -0.385. The van der Waals surface area contributed by atoms with Crippen molar-refractivity contribution >= 4 is 16.9 Å². The van der Waals surface area contributed by atoms with E-state index >= 15 is 0 Å². The average Bonchev–Trinajstić information content (AvgIpc) is 2.89. The van der Waals surface area contributed by atoms with Crippen LogP contribution in [0.1, 0.15) is 48.4 Å². The second kappa shape index (κ2) is 10.8. The van der Waals surface area contributed by atoms with Crippen LogP contribution in [0.3, 0.4) is 0 Å². The van der Waals surface area contributed by atoms with Crippen LogP contribution in [-0.2, 0) is 29.0 Å². The maximum atomic E-state index is 12.9. The van der Waals surface area contributed by atoms with Crippen molar-refractivity contribution in [2.24, 2.45) is 0 Å². The van der Waals surface area contributed by atoms with Crippen molar-refractivity contribution in [3.8, 4) is 5.75 Å². The molecule has 3 heterocycles. The molecule has 0 N–H and O–H groups in total. The summed E-state index contributed by atoms with van der Waals surface area (Å²) in [6.07, 6.45) is 2.63. The van der Waals surface area contributed by atoms with E-state index < -0.39 is 0 Å². The van der Waals surface area contributed by atoms with Gasteiger partial charge in [0.1, 0.15) is 18.1 Å². The van der Waals surface area contributed by atoms with Gasteiger partial charge in [-0.3, -0.25) is 14.6 Å². The van der Waals surface area contributed by atoms with Gasteiger partial charge in [-0.15, -0.1) is 0 Å². The number of esters is 1. The molecular formula is C29H34N2O5. The Hall–Kier alpha value is -3.16. The molecule has 1 fully saturated rings. The van der Waals surface area contributed by atoms with E-state index in [1.807, 2.05) is 19.1 Å². The molecule has 0 saturated carbocycles. The summed E-state index contributed by atoms with van der Waals surface area (Å²) < 4.78 is 17.0. The number of carbonyl (C=O) groups excluding carboxylic acids is 1. The third kappa shape index (κ3) is 5.18. The van der Waals surface area contributed by atoms with Gasteiger partial charge in [0.05, 0.1) is 12.2 Å². The van der Waals surface area contributed by atoms with Crippen molar-refractivity contribution in [1.82, 2.24) is 9.80 Å². The van der Waals surface area contributed by atoms with Gasteiger partial charge in [-0.25, -0.2) is 4.79 Å². The molecule has 2 aliphatic rings. The van der Waals surface area contributed by atoms with Crippen LogP contribution in [0.4, 0.5) is 0 Å². The van der Waals surface area contributed by atoms with Gasteiger partial charge in [-0.1, -0.05) is 30.3 Å². The molecule has 0 bridgehead atoms. The number of piperidine rings is 1. The zero-order valence-electron chi connectivity index (χ0n) is 21.1. The zero-order valence-corrected chi connectivity index (χ0v) is 21.1. The first-order chi connectivity index (χ1) is 17.5. The monoisotopic (exact) mass is 490 g/mol. The quantitative estimate of drug-likeness (QED) is 0.359. The Balaban J connectivity index is 1.30. The first kappa shape index (κ1) is 24.5. The third-order valence-corrected chi connectivity index (χ3v) is 7.47. The molecule has 7 heteroatoms. The summed E-state index contributed by atoms with van der Waals surface area (Å²) in [4.78, 5) is 29.6. The van der Waals surface area contributed by atoms with Gasteiger partial charge >= 0.3 is 11.6 Å². The molecule has 3 aromatic rings. The smallest absolute Gasteiger partial charge is 0.339 e. The molecule has 0 radical (unpaired) electrons. The second-order valence-electron chi connectivity index (χ2n) is 9.73. The van der Waals surface area contributed by atoms with E-state index in [0.717, 1.165) is 54.7 Å². The molecule has 0 aliphatic carbocycles. The topological polar surface area (TPSA) is 72.2 Å². The molecule has 1 aromatic heterocycles. The van der Waals surface area contributed by atoms with Gasteiger partial charge in [0.2, 0.25) is 0 Å². The van der Waals surface area contributed by atoms with Crippen LogP contribution in [0.25, 0.3) is 11.0 Å². The molecule has 1 saturated heterocycles. The van der Waals surface area contributed by atoms with Crippen LogP contribution in [0, 0.1) is 6.92 Å². The van der Waals surface area contributed by atoms with Crippen molar-refractivity contribution in [2.45, 2.75) is 58.7 Å². The fourth-order valence-corrected chi connectivity index (χ4v) is 5.45. The van der Waals surface area contributed by atoms with E-state index in [1.165, 1.54) is 5.56 Å². The lowest BCUT2D eigenvalue weighted by Crippen LogP contribution is -2.47. The minimum absolute atomic E-state index is 0.162. The molecule has 2 aromatic carbocycles. The van der Waals surface area contributed by atoms with Crippen LogP contribution >= 0.6 is 0 Å². The maximum Gasteiger partial charge on any atom is 0.339 e. The summed E-state index contributed by atoms with van der Waals surface area (Å²) in [6.45, 7) is 8.36. The fraction of sp³-hybridized carbons (Fsp3) is 0.448. The molecule has 5 rings (SSSR count). The number of likely N-dealkylation sites (tertiary alicyclic amines) is 1. The van der Waals surface area contributed by atoms with Crippen LogP contribution in [0.15, 0.2) is 51.7 Å². The third-order valence-electron chi connectivity index (χ3n) is 7.47. The van der Waals surface area contributed by atoms with E-state index in [9.17, 15) is 9.59 Å². The van der Waals surface area contributed by atoms with Crippen LogP contribution < -0.4 is 10.4 Å². The van der Waals surface area contributed by atoms with Crippen LogP contribution in [-0.4, -0.2) is 48.2 Å². The first-order valence-corrected chi connectivity index (χ1v) is 12.9. The van der Waals surface area contributed by atoms with Crippen LogP contribution in [0.2, 0.25) is 0 Å². The predicted octanol–water partition coefficient (Wildman–Crippen LogP) is 4.41. The van der Waals surface area contributed by atoms with Crippen molar-refractivity contribution in [1.29, 1.82) is 0 Å². The van der Waals surface area contributed by atoms with Crippen molar-refractivity contribution < 1.29 is 18.7 Å². The van der Waals surface area contributed by atoms with E-state index in [1.54, 1.807) is 6.92 Å². The van der Waals surface area contributed by atoms with Crippen molar-refractivity contribution in [3.05, 3.63) is 75.1 Å². The molecule has 0 unspecified atom stereocenters. The SMILES string of the molecule is CCOC(=O)CCc1c(C)c2ccc3c(c2oc1=O)CN(C1CCN(Cc2ccccc2)CC1)CO3. The molecule has 0 amide bonds. The van der Waals surface area contributed by atoms with Gasteiger partial charge < -0.3 is 13.9 Å². The average molecular weight is 491 g/mol. The molecule has 36 heavy (non-hydrogen) atoms. The molecule has 190 valence electrons. The highest BCUT2D eigenvalue weighted by Crippen LogP contribution is 2.35. The minimum Gasteiger partial charge on any atom is -0.478 e. The lowest BCUT2D eigenvalue weighted by molar-refractivity contribution is -0.143. The summed E-state index contributed by atoms with van der Waals surface area (Å²) in [5, 5.41) is 0.898. The lowest BCUT2D eigenvalue weighted by atomic mass is 9.98. The van der Waals surface area contributed by atoms with E-state index in [-0.39, 0.29) is 18.0 Å². The van der Waals surface area contributed by atoms with E-state index in [4.69, 9.17) is 13.9 Å². The molecule has 7 nitrogen and oxygen atoms in total. The Morgan fingerprint density at radius 1 is 1.11 bits per heavy atom. The summed E-state index contributed by atoms with van der Waals surface area (Å²) >= 11 is 0. The number of benzene rings is 2. The molecule has 0 atom stereocenters. The highest BCUT2D eigenvalue weighted by Gasteiger charge is 2.30. The number of fused-ring (bicyclic) bond motifs is 3. The predicted molar refractivity (Wildman–Crippen MR) is 138 cm³/mol. The maximum absolute atomic E-state index is 12.9. The Bertz CT molecular complexity index is 1280. The summed E-state index contributed by atoms with van der Waals surface area (Å²) in [6, 6.07) is 15.0. The number of rotatable bonds is 7. The largest absolute Gasteiger partial charge is 0.478 e. The Morgan fingerprint density at radius 2 is 1.89 bits per heavy atom. The van der Waals surface area contributed by atoms with Gasteiger partial charge in [-0.05, 0) is 69.5 Å². The number of aryl methyl sites for hydroxylation is 1. The number of ether oxygens (including phenoxy) is 2. The van der Waals surface area contributed by atoms with Crippen molar-refractivity contribution in [2.75, 3.05) is 26.4 Å². The standard InChI is InChI=1S/C29H34N2O5/c1-3-34-27(32)12-10-24-20(2)23-9-11-26-25(28(23)36-29(24)33)18-31(19-35-26)22-13-15-30(16-14-22)17-21-7-5-4-6-8-21/h4-9,11,22H,3,10,12-19H2,1-2H3. The van der Waals surface area contributed by atoms with Gasteiger partial charge in [0.25, 0.3) is 0 Å². The number of nitrogens with zero attached hydrogens (tertiary/aromatic N) is 2. The van der Waals surface area contributed by atoms with Crippen LogP contribution in [0.5, 0.6) is 5.75 Å². The zero-order chi connectivity index (χ0) is 25.1. The van der Waals surface area contributed by atoms with Gasteiger partial charge in [-0.2, -0.15) is 0 Å². The summed E-state index contributed by atoms with van der Waals surface area (Å²) in [7, 11) is 0. The number of carbonyl (C=O) groups is 1. The van der Waals surface area contributed by atoms with Gasteiger partial charge in [0.15, 0.2) is 0 Å². The Labute approximate surface area is 211 Å². The first-order valence-electron chi connectivity index (χ1n) is 12.9. The Morgan fingerprint density at radius 3 is 2.64 bits per heavy atom. The fourth-order valence-electron chi connectivity index (χ4n) is 5.45. The molecule has 0 spiro atoms. The molecule has 2 aliphatic heterocycles. The second-order valence-corrected chi connectivity index (χ2v) is 9.73. The number of hydrogen-bond acceptors (Lipinski definition) is 7. The Kier molecular flexibility index (Phi) is 7.39. The van der Waals surface area contributed by atoms with E-state index in [0.29, 0.717) is 43.5 Å². The summed E-state index contributed by atoms with van der Waals surface area (Å²) in [5.41, 5.74) is 3.90. The summed E-state index contributed by atoms with van der Waals surface area (Å²) in [5.74, 6) is 0.475. The number of hydrogen-bond donors (Lipinski definition) is 0. The molecular weight excluding hydrogens is 456 g/mol. The van der Waals surface area contributed by atoms with E-state index in [2.05, 4.69) is 40.1 Å². The van der Waals surface area contributed by atoms with Gasteiger partial charge in [0, 0.05) is 36.5 Å². The highest BCUT2D eigenvalue weighted by atomic mass is 16.5. The highest BCUT2D eigenvalue weighted by molar-refractivity contribution is 5.86.